The van der Waals surface area contributed by atoms with Crippen molar-refractivity contribution in [2.45, 2.75) is 19.5 Å². The Labute approximate surface area is 152 Å². The first-order valence-corrected chi connectivity index (χ1v) is 8.33. The zero-order valence-electron chi connectivity index (χ0n) is 14.0. The number of nitrogens with zero attached hydrogens (tertiary/aromatic N) is 3. The molecule has 8 heteroatoms. The quantitative estimate of drug-likeness (QED) is 0.697. The third-order valence-corrected chi connectivity index (χ3v) is 4.46. The van der Waals surface area contributed by atoms with E-state index in [-0.39, 0.29) is 11.3 Å². The molecule has 0 fully saturated rings. The number of rotatable bonds is 3. The van der Waals surface area contributed by atoms with Gasteiger partial charge in [-0.2, -0.15) is 8.78 Å². The summed E-state index contributed by atoms with van der Waals surface area (Å²) in [5.74, 6) is -1.24. The van der Waals surface area contributed by atoms with Gasteiger partial charge in [-0.1, -0.05) is 6.07 Å². The van der Waals surface area contributed by atoms with Gasteiger partial charge in [-0.05, 0) is 31.0 Å². The Morgan fingerprint density at radius 1 is 1.15 bits per heavy atom. The first-order valence-electron chi connectivity index (χ1n) is 8.33. The lowest BCUT2D eigenvalue weighted by atomic mass is 9.99. The highest BCUT2D eigenvalue weighted by molar-refractivity contribution is 6.08. The van der Waals surface area contributed by atoms with Crippen LogP contribution < -0.4 is 9.64 Å². The molecule has 1 aliphatic rings. The monoisotopic (exact) mass is 373 g/mol. The van der Waals surface area contributed by atoms with Gasteiger partial charge < -0.3 is 9.64 Å². The van der Waals surface area contributed by atoms with Crippen LogP contribution in [0.2, 0.25) is 0 Å². The van der Waals surface area contributed by atoms with Gasteiger partial charge in [0.05, 0.1) is 22.3 Å². The maximum Gasteiger partial charge on any atom is 0.387 e. The van der Waals surface area contributed by atoms with Crippen molar-refractivity contribution in [1.29, 1.82) is 0 Å². The van der Waals surface area contributed by atoms with E-state index in [1.54, 1.807) is 6.07 Å². The number of amides is 1. The minimum Gasteiger partial charge on any atom is -0.434 e. The first-order chi connectivity index (χ1) is 13.0. The fourth-order valence-electron chi connectivity index (χ4n) is 3.30. The van der Waals surface area contributed by atoms with Gasteiger partial charge in [-0.25, -0.2) is 4.39 Å². The van der Waals surface area contributed by atoms with Crippen molar-refractivity contribution in [3.63, 3.8) is 0 Å². The third-order valence-electron chi connectivity index (χ3n) is 4.46. The molecule has 0 saturated carbocycles. The molecule has 0 unspecified atom stereocenters. The summed E-state index contributed by atoms with van der Waals surface area (Å²) in [5.41, 5.74) is 1.56. The summed E-state index contributed by atoms with van der Waals surface area (Å²) < 4.78 is 44.4. The molecule has 3 aromatic rings. The minimum absolute atomic E-state index is 0.0323. The van der Waals surface area contributed by atoms with E-state index in [0.717, 1.165) is 6.07 Å². The smallest absolute Gasteiger partial charge is 0.387 e. The zero-order valence-corrected chi connectivity index (χ0v) is 14.0. The van der Waals surface area contributed by atoms with Crippen molar-refractivity contribution in [1.82, 2.24) is 9.97 Å². The number of hydrogen-bond acceptors (Lipinski definition) is 4. The van der Waals surface area contributed by atoms with E-state index in [0.29, 0.717) is 41.7 Å². The molecule has 5 nitrogen and oxygen atoms in total. The SMILES string of the molecule is O=C(c1cc2nccnc2cc1F)N1CCCc2c(OC(F)F)cccc21. The molecule has 0 N–H and O–H groups in total. The van der Waals surface area contributed by atoms with Crippen LogP contribution in [0.4, 0.5) is 18.9 Å². The van der Waals surface area contributed by atoms with E-state index in [1.807, 2.05) is 0 Å². The van der Waals surface area contributed by atoms with E-state index in [2.05, 4.69) is 14.7 Å². The maximum absolute atomic E-state index is 14.5. The lowest BCUT2D eigenvalue weighted by Gasteiger charge is -2.30. The second-order valence-corrected chi connectivity index (χ2v) is 6.07. The highest BCUT2D eigenvalue weighted by atomic mass is 19.3. The second-order valence-electron chi connectivity index (χ2n) is 6.07. The Morgan fingerprint density at radius 3 is 2.63 bits per heavy atom. The van der Waals surface area contributed by atoms with Crippen LogP contribution >= 0.6 is 0 Å². The Hall–Kier alpha value is -3.16. The Balaban J connectivity index is 1.75. The van der Waals surface area contributed by atoms with E-state index in [9.17, 15) is 18.0 Å². The van der Waals surface area contributed by atoms with Gasteiger partial charge in [0, 0.05) is 30.6 Å². The fraction of sp³-hybridized carbons (Fsp3) is 0.211. The summed E-state index contributed by atoms with van der Waals surface area (Å²) >= 11 is 0. The number of carbonyl (C=O) groups is 1. The molecular formula is C19H14F3N3O2. The van der Waals surface area contributed by atoms with Crippen LogP contribution in [0.15, 0.2) is 42.7 Å². The maximum atomic E-state index is 14.5. The predicted octanol–water partition coefficient (Wildman–Crippen LogP) is 3.96. The molecule has 0 bridgehead atoms. The van der Waals surface area contributed by atoms with Gasteiger partial charge in [-0.15, -0.1) is 0 Å². The van der Waals surface area contributed by atoms with E-state index < -0.39 is 18.3 Å². The topological polar surface area (TPSA) is 55.3 Å². The van der Waals surface area contributed by atoms with Crippen molar-refractivity contribution in [3.8, 4) is 5.75 Å². The number of halogens is 3. The lowest BCUT2D eigenvalue weighted by Crippen LogP contribution is -2.36. The third kappa shape index (κ3) is 3.18. The normalized spacial score (nSPS) is 13.7. The van der Waals surface area contributed by atoms with E-state index >= 15 is 0 Å². The molecule has 0 saturated heterocycles. The van der Waals surface area contributed by atoms with Crippen LogP contribution in [0.25, 0.3) is 11.0 Å². The molecule has 1 aliphatic heterocycles. The number of carbonyl (C=O) groups excluding carboxylic acids is 1. The molecule has 0 atom stereocenters. The minimum atomic E-state index is -2.96. The number of aromatic nitrogens is 2. The van der Waals surface area contributed by atoms with E-state index in [4.69, 9.17) is 0 Å². The highest BCUT2D eigenvalue weighted by Gasteiger charge is 2.28. The van der Waals surface area contributed by atoms with Gasteiger partial charge in [0.25, 0.3) is 5.91 Å². The summed E-state index contributed by atoms with van der Waals surface area (Å²) in [7, 11) is 0. The van der Waals surface area contributed by atoms with Gasteiger partial charge in [0.15, 0.2) is 0 Å². The molecule has 1 aromatic heterocycles. The van der Waals surface area contributed by atoms with Gasteiger partial charge in [-0.3, -0.25) is 14.8 Å². The summed E-state index contributed by atoms with van der Waals surface area (Å²) in [4.78, 5) is 22.5. The molecule has 138 valence electrons. The lowest BCUT2D eigenvalue weighted by molar-refractivity contribution is -0.0504. The van der Waals surface area contributed by atoms with Crippen molar-refractivity contribution >= 4 is 22.6 Å². The van der Waals surface area contributed by atoms with Gasteiger partial charge in [0.2, 0.25) is 0 Å². The number of anilines is 1. The number of alkyl halides is 2. The number of fused-ring (bicyclic) bond motifs is 2. The molecule has 2 heterocycles. The molecule has 27 heavy (non-hydrogen) atoms. The first kappa shape index (κ1) is 17.3. The summed E-state index contributed by atoms with van der Waals surface area (Å²) in [6, 6.07) is 7.13. The summed E-state index contributed by atoms with van der Waals surface area (Å²) in [5, 5.41) is 0. The summed E-state index contributed by atoms with van der Waals surface area (Å²) in [6.07, 6.45) is 3.94. The highest BCUT2D eigenvalue weighted by Crippen LogP contribution is 2.36. The largest absolute Gasteiger partial charge is 0.434 e. The van der Waals surface area contributed by atoms with Crippen LogP contribution in [0, 0.1) is 5.82 Å². The Bertz CT molecular complexity index is 1030. The zero-order chi connectivity index (χ0) is 19.0. The van der Waals surface area contributed by atoms with Crippen molar-refractivity contribution in [2.24, 2.45) is 0 Å². The number of ether oxygens (including phenoxy) is 1. The van der Waals surface area contributed by atoms with Gasteiger partial charge >= 0.3 is 6.61 Å². The van der Waals surface area contributed by atoms with Crippen LogP contribution in [0.1, 0.15) is 22.3 Å². The second kappa shape index (κ2) is 6.86. The molecule has 4 rings (SSSR count). The Morgan fingerprint density at radius 2 is 1.89 bits per heavy atom. The standard InChI is InChI=1S/C19H14F3N3O2/c20-13-10-15-14(23-6-7-24-15)9-12(13)18(26)25-8-2-3-11-16(25)4-1-5-17(11)27-19(21)22/h1,4-7,9-10,19H,2-3,8H2. The number of benzene rings is 2. The average Bonchev–Trinajstić information content (AvgIpc) is 2.66. The molecule has 0 aliphatic carbocycles. The van der Waals surface area contributed by atoms with Crippen LogP contribution in [-0.2, 0) is 6.42 Å². The molecule has 0 spiro atoms. The van der Waals surface area contributed by atoms with Crippen molar-refractivity contribution < 1.29 is 22.7 Å². The molecular weight excluding hydrogens is 359 g/mol. The van der Waals surface area contributed by atoms with Crippen LogP contribution in [0.3, 0.4) is 0 Å². The van der Waals surface area contributed by atoms with Gasteiger partial charge in [0.1, 0.15) is 11.6 Å². The van der Waals surface area contributed by atoms with Crippen LogP contribution in [0.5, 0.6) is 5.75 Å². The molecule has 1 amide bonds. The number of hydrogen-bond donors (Lipinski definition) is 0. The molecule has 2 aromatic carbocycles. The predicted molar refractivity (Wildman–Crippen MR) is 92.6 cm³/mol. The Kier molecular flexibility index (Phi) is 4.39. The van der Waals surface area contributed by atoms with E-state index in [1.165, 1.54) is 35.5 Å². The van der Waals surface area contributed by atoms with Crippen LogP contribution in [-0.4, -0.2) is 29.0 Å². The summed E-state index contributed by atoms with van der Waals surface area (Å²) in [6.45, 7) is -2.61. The van der Waals surface area contributed by atoms with Crippen molar-refractivity contribution in [2.75, 3.05) is 11.4 Å². The van der Waals surface area contributed by atoms with Crippen molar-refractivity contribution in [3.05, 3.63) is 59.7 Å². The molecule has 0 radical (unpaired) electrons. The fourth-order valence-corrected chi connectivity index (χ4v) is 3.30. The average molecular weight is 373 g/mol.